The Morgan fingerprint density at radius 3 is 2.92 bits per heavy atom. The number of nitrogens with zero attached hydrogens (tertiary/aromatic N) is 3. The predicted octanol–water partition coefficient (Wildman–Crippen LogP) is 1.02. The lowest BCUT2D eigenvalue weighted by Gasteiger charge is -2.02. The third kappa shape index (κ3) is 1.61. The van der Waals surface area contributed by atoms with Gasteiger partial charge >= 0.3 is 0 Å². The lowest BCUT2D eigenvalue weighted by molar-refractivity contribution is 0.905. The molecule has 1 rings (SSSR count). The zero-order valence-corrected chi connectivity index (χ0v) is 8.95. The number of hydrogen-bond donors (Lipinski definition) is 1. The van der Waals surface area contributed by atoms with E-state index < -0.39 is 0 Å². The molecular formula is C6H6ClIN4. The molecule has 6 heteroatoms. The van der Waals surface area contributed by atoms with Crippen LogP contribution in [0.4, 0.5) is 0 Å². The monoisotopic (exact) mass is 296 g/mol. The molecule has 4 nitrogen and oxygen atoms in total. The van der Waals surface area contributed by atoms with E-state index in [0.29, 0.717) is 5.49 Å². The number of halogens is 2. The summed E-state index contributed by atoms with van der Waals surface area (Å²) in [5.41, 5.74) is 0.547. The smallest absolute Gasteiger partial charge is 0.208 e. The van der Waals surface area contributed by atoms with Crippen LogP contribution >= 0.6 is 34.2 Å². The highest BCUT2D eigenvalue weighted by Crippen LogP contribution is 2.03. The van der Waals surface area contributed by atoms with Gasteiger partial charge in [-0.1, -0.05) is 6.58 Å². The van der Waals surface area contributed by atoms with Crippen molar-refractivity contribution in [3.63, 3.8) is 0 Å². The molecule has 0 aliphatic carbocycles. The Hall–Kier alpha value is -0.560. The van der Waals surface area contributed by atoms with Gasteiger partial charge in [0.2, 0.25) is 5.28 Å². The van der Waals surface area contributed by atoms with Gasteiger partial charge in [-0.15, -0.1) is 0 Å². The molecule has 0 aromatic carbocycles. The van der Waals surface area contributed by atoms with Crippen molar-refractivity contribution >= 4 is 40.4 Å². The fourth-order valence-corrected chi connectivity index (χ4v) is 1.45. The summed E-state index contributed by atoms with van der Waals surface area (Å²) in [4.78, 5) is 3.89. The normalized spacial score (nSPS) is 11.7. The summed E-state index contributed by atoms with van der Waals surface area (Å²) in [6, 6.07) is 0. The topological polar surface area (TPSA) is 56.2 Å². The zero-order valence-electron chi connectivity index (χ0n) is 6.04. The fourth-order valence-electron chi connectivity index (χ4n) is 0.718. The fraction of sp³-hybridized carbons (Fsp3) is 0. The minimum atomic E-state index is 0.287. The average molecular weight is 296 g/mol. The number of rotatable bonds is 1. The van der Waals surface area contributed by atoms with Gasteiger partial charge in [0, 0.05) is 12.4 Å². The summed E-state index contributed by atoms with van der Waals surface area (Å²) in [5.74, 6) is 5.16. The molecule has 0 aliphatic heterocycles. The van der Waals surface area contributed by atoms with Crippen molar-refractivity contribution in [2.75, 3.05) is 0 Å². The van der Waals surface area contributed by atoms with Crippen molar-refractivity contribution in [1.29, 1.82) is 0 Å². The summed E-state index contributed by atoms with van der Waals surface area (Å²) < 4.78 is 2.32. The second kappa shape index (κ2) is 3.90. The first-order valence-corrected chi connectivity index (χ1v) is 4.45. The molecule has 0 bridgehead atoms. The first-order valence-electron chi connectivity index (χ1n) is 2.99. The third-order valence-corrected chi connectivity index (χ3v) is 2.27. The Balaban J connectivity index is 3.62. The second-order valence-corrected chi connectivity index (χ2v) is 3.38. The van der Waals surface area contributed by atoms with E-state index in [1.54, 1.807) is 6.20 Å². The molecule has 0 amide bonds. The molecule has 64 valence electrons. The Morgan fingerprint density at radius 1 is 1.83 bits per heavy atom. The third-order valence-electron chi connectivity index (χ3n) is 1.23. The Kier molecular flexibility index (Phi) is 3.10. The molecule has 0 spiro atoms. The van der Waals surface area contributed by atoms with E-state index in [1.807, 2.05) is 0 Å². The summed E-state index contributed by atoms with van der Waals surface area (Å²) in [5, 5.41) is 3.85. The van der Waals surface area contributed by atoms with Crippen LogP contribution in [-0.4, -0.2) is 9.55 Å². The zero-order chi connectivity index (χ0) is 9.14. The number of nitrogens with two attached hydrogens (primary N) is 1. The molecule has 2 N–H and O–H groups in total. The summed E-state index contributed by atoms with van der Waals surface area (Å²) >= 11 is 7.80. The van der Waals surface area contributed by atoms with Crippen molar-refractivity contribution in [3.05, 3.63) is 27.1 Å². The lowest BCUT2D eigenvalue weighted by Crippen LogP contribution is -2.23. The van der Waals surface area contributed by atoms with E-state index in [0.717, 1.165) is 3.57 Å². The number of hydrogen-bond acceptors (Lipinski definition) is 3. The SMILES string of the molecule is C=Cn1c(Cl)ncc(I)/c1=N/N. The van der Waals surface area contributed by atoms with Crippen molar-refractivity contribution in [1.82, 2.24) is 9.55 Å². The standard InChI is InChI=1S/C6H6ClIN4/c1-2-12-5(11-9)4(8)3-10-6(12)7/h2-3H,1,9H2/b11-5-. The first-order chi connectivity index (χ1) is 5.70. The highest BCUT2D eigenvalue weighted by atomic mass is 127. The van der Waals surface area contributed by atoms with Crippen LogP contribution in [-0.2, 0) is 0 Å². The molecule has 0 fully saturated rings. The van der Waals surface area contributed by atoms with E-state index in [1.165, 1.54) is 10.8 Å². The maximum Gasteiger partial charge on any atom is 0.208 e. The molecule has 1 aromatic heterocycles. The van der Waals surface area contributed by atoms with Crippen molar-refractivity contribution < 1.29 is 0 Å². The van der Waals surface area contributed by atoms with Gasteiger partial charge in [0.25, 0.3) is 0 Å². The largest absolute Gasteiger partial charge is 0.321 e. The maximum absolute atomic E-state index is 5.74. The van der Waals surface area contributed by atoms with Crippen LogP contribution in [0.5, 0.6) is 0 Å². The molecule has 0 saturated carbocycles. The van der Waals surface area contributed by atoms with Gasteiger partial charge in [-0.2, -0.15) is 5.10 Å². The van der Waals surface area contributed by atoms with Crippen LogP contribution < -0.4 is 11.3 Å². The van der Waals surface area contributed by atoms with Gasteiger partial charge in [-0.05, 0) is 34.2 Å². The summed E-state index contributed by atoms with van der Waals surface area (Å²) in [6.45, 7) is 3.56. The molecule has 12 heavy (non-hydrogen) atoms. The lowest BCUT2D eigenvalue weighted by atomic mass is 10.6. The van der Waals surface area contributed by atoms with Crippen LogP contribution in [0.1, 0.15) is 0 Å². The molecule has 0 atom stereocenters. The van der Waals surface area contributed by atoms with Crippen LogP contribution in [0.15, 0.2) is 17.9 Å². The first kappa shape index (κ1) is 9.53. The van der Waals surface area contributed by atoms with Crippen molar-refractivity contribution in [2.24, 2.45) is 10.9 Å². The second-order valence-electron chi connectivity index (χ2n) is 1.88. The van der Waals surface area contributed by atoms with Gasteiger partial charge in [0.05, 0.1) is 3.57 Å². The Morgan fingerprint density at radius 2 is 2.50 bits per heavy atom. The molecule has 1 heterocycles. The van der Waals surface area contributed by atoms with E-state index in [2.05, 4.69) is 39.3 Å². The minimum absolute atomic E-state index is 0.287. The Bertz CT molecular complexity index is 370. The minimum Gasteiger partial charge on any atom is -0.321 e. The van der Waals surface area contributed by atoms with E-state index >= 15 is 0 Å². The molecule has 1 aromatic rings. The van der Waals surface area contributed by atoms with Gasteiger partial charge in [-0.3, -0.25) is 4.57 Å². The van der Waals surface area contributed by atoms with Crippen molar-refractivity contribution in [3.8, 4) is 0 Å². The van der Waals surface area contributed by atoms with E-state index in [-0.39, 0.29) is 5.28 Å². The molecule has 0 radical (unpaired) electrons. The van der Waals surface area contributed by atoms with Gasteiger partial charge < -0.3 is 5.84 Å². The molecule has 0 unspecified atom stereocenters. The molecular weight excluding hydrogens is 290 g/mol. The van der Waals surface area contributed by atoms with E-state index in [4.69, 9.17) is 17.4 Å². The average Bonchev–Trinajstić information content (AvgIpc) is 2.08. The highest BCUT2D eigenvalue weighted by molar-refractivity contribution is 14.1. The summed E-state index contributed by atoms with van der Waals surface area (Å²) in [6.07, 6.45) is 3.10. The van der Waals surface area contributed by atoms with Crippen LogP contribution in [0.25, 0.3) is 6.20 Å². The number of aromatic nitrogens is 2. The van der Waals surface area contributed by atoms with Gasteiger partial charge in [-0.25, -0.2) is 4.98 Å². The van der Waals surface area contributed by atoms with Gasteiger partial charge in [0.15, 0.2) is 5.49 Å². The Labute approximate surface area is 87.9 Å². The van der Waals surface area contributed by atoms with Crippen LogP contribution in [0.3, 0.4) is 0 Å². The molecule has 0 saturated heterocycles. The molecule has 0 aliphatic rings. The predicted molar refractivity (Wildman–Crippen MR) is 56.1 cm³/mol. The maximum atomic E-state index is 5.74. The summed E-state index contributed by atoms with van der Waals surface area (Å²) in [7, 11) is 0. The quantitative estimate of drug-likeness (QED) is 0.364. The highest BCUT2D eigenvalue weighted by Gasteiger charge is 2.00. The van der Waals surface area contributed by atoms with Crippen LogP contribution in [0, 0.1) is 3.57 Å². The van der Waals surface area contributed by atoms with Crippen LogP contribution in [0.2, 0.25) is 5.28 Å². The van der Waals surface area contributed by atoms with E-state index in [9.17, 15) is 0 Å². The van der Waals surface area contributed by atoms with Gasteiger partial charge in [0.1, 0.15) is 0 Å². The van der Waals surface area contributed by atoms with Crippen molar-refractivity contribution in [2.45, 2.75) is 0 Å².